The van der Waals surface area contributed by atoms with E-state index in [1.807, 2.05) is 98.8 Å². The van der Waals surface area contributed by atoms with Crippen molar-refractivity contribution in [3.8, 4) is 35.2 Å². The van der Waals surface area contributed by atoms with Gasteiger partial charge < -0.3 is 29.2 Å². The lowest BCUT2D eigenvalue weighted by atomic mass is 10.1. The largest absolute Gasteiger partial charge is 0.490 e. The van der Waals surface area contributed by atoms with Gasteiger partial charge in [-0.1, -0.05) is 47.9 Å². The van der Waals surface area contributed by atoms with Crippen molar-refractivity contribution in [3.63, 3.8) is 0 Å². The van der Waals surface area contributed by atoms with E-state index in [2.05, 4.69) is 23.7 Å². The van der Waals surface area contributed by atoms with Gasteiger partial charge in [0.25, 0.3) is 0 Å². The van der Waals surface area contributed by atoms with Crippen LogP contribution in [-0.4, -0.2) is 60.8 Å². The van der Waals surface area contributed by atoms with Gasteiger partial charge in [-0.05, 0) is 111 Å². The molecule has 3 aromatic carbocycles. The van der Waals surface area contributed by atoms with Gasteiger partial charge in [0.1, 0.15) is 24.7 Å². The van der Waals surface area contributed by atoms with E-state index in [1.54, 1.807) is 13.8 Å². The lowest BCUT2D eigenvalue weighted by Crippen LogP contribution is -2.26. The third kappa shape index (κ3) is 13.6. The molecule has 3 aromatic rings. The molecular weight excluding hydrogens is 608 g/mol. The maximum Gasteiger partial charge on any atom is 0.333 e. The van der Waals surface area contributed by atoms with Crippen molar-refractivity contribution in [1.82, 2.24) is 0 Å². The Morgan fingerprint density at radius 1 is 0.625 bits per heavy atom. The van der Waals surface area contributed by atoms with Gasteiger partial charge in [0, 0.05) is 37.2 Å². The summed E-state index contributed by atoms with van der Waals surface area (Å²) in [7, 11) is 0. The van der Waals surface area contributed by atoms with Crippen molar-refractivity contribution < 1.29 is 38.7 Å². The highest BCUT2D eigenvalue weighted by molar-refractivity contribution is 5.73. The Balaban J connectivity index is 1.43. The van der Waals surface area contributed by atoms with Crippen LogP contribution in [-0.2, 0) is 31.9 Å². The summed E-state index contributed by atoms with van der Waals surface area (Å²) >= 11 is 0. The summed E-state index contributed by atoms with van der Waals surface area (Å²) in [4.78, 5) is 22.6. The Bertz CT molecular complexity index is 1540. The first-order chi connectivity index (χ1) is 23.2. The molecule has 0 amide bonds. The van der Waals surface area contributed by atoms with Crippen LogP contribution in [0.5, 0.6) is 11.5 Å². The molecule has 0 bridgehead atoms. The predicted octanol–water partition coefficient (Wildman–Crippen LogP) is 6.50. The van der Waals surface area contributed by atoms with Crippen LogP contribution in [0.4, 0.5) is 0 Å². The number of ether oxygens (including phenoxy) is 4. The molecule has 0 spiro atoms. The Morgan fingerprint density at radius 3 is 1.29 bits per heavy atom. The summed E-state index contributed by atoms with van der Waals surface area (Å²) in [6.07, 6.45) is 2.69. The van der Waals surface area contributed by atoms with E-state index in [9.17, 15) is 19.8 Å². The van der Waals surface area contributed by atoms with E-state index < -0.39 is 24.1 Å². The molecular formula is C40H42O8. The first kappa shape index (κ1) is 37.2. The molecule has 2 N–H and O–H groups in total. The van der Waals surface area contributed by atoms with Crippen molar-refractivity contribution in [2.75, 3.05) is 26.4 Å². The van der Waals surface area contributed by atoms with Crippen molar-refractivity contribution >= 4 is 11.9 Å². The van der Waals surface area contributed by atoms with Crippen molar-refractivity contribution in [2.24, 2.45) is 0 Å². The number of hydrogen-bond donors (Lipinski definition) is 2. The molecule has 0 heterocycles. The highest BCUT2D eigenvalue weighted by Gasteiger charge is 2.18. The lowest BCUT2D eigenvalue weighted by Gasteiger charge is -2.12. The summed E-state index contributed by atoms with van der Waals surface area (Å²) in [5.74, 6) is 12.0. The number of allylic oxidation sites excluding steroid dienone is 2. The average Bonchev–Trinajstić information content (AvgIpc) is 3.08. The fraction of sp³-hybridized carbons (Fsp3) is 0.300. The van der Waals surface area contributed by atoms with Crippen LogP contribution < -0.4 is 9.47 Å². The van der Waals surface area contributed by atoms with Crippen molar-refractivity contribution in [2.45, 2.75) is 52.7 Å². The van der Waals surface area contributed by atoms with Crippen LogP contribution in [0.15, 0.2) is 96.1 Å². The van der Waals surface area contributed by atoms with Gasteiger partial charge in [-0.2, -0.15) is 0 Å². The maximum absolute atomic E-state index is 11.3. The van der Waals surface area contributed by atoms with E-state index in [0.717, 1.165) is 33.4 Å². The van der Waals surface area contributed by atoms with Gasteiger partial charge in [0.15, 0.2) is 12.2 Å². The summed E-state index contributed by atoms with van der Waals surface area (Å²) in [5.41, 5.74) is 5.23. The monoisotopic (exact) mass is 650 g/mol. The Kier molecular flexibility index (Phi) is 15.5. The minimum Gasteiger partial charge on any atom is -0.490 e. The molecule has 48 heavy (non-hydrogen) atoms. The van der Waals surface area contributed by atoms with E-state index in [1.165, 1.54) is 0 Å². The minimum atomic E-state index is -0.972. The summed E-state index contributed by atoms with van der Waals surface area (Å²) < 4.78 is 22.1. The zero-order valence-corrected chi connectivity index (χ0v) is 27.8. The smallest absolute Gasteiger partial charge is 0.333 e. The fourth-order valence-corrected chi connectivity index (χ4v) is 4.32. The molecule has 0 fully saturated rings. The average molecular weight is 651 g/mol. The fourth-order valence-electron chi connectivity index (χ4n) is 4.32. The summed E-state index contributed by atoms with van der Waals surface area (Å²) in [6, 6.07) is 22.4. The second-order valence-corrected chi connectivity index (χ2v) is 10.7. The zero-order chi connectivity index (χ0) is 34.7. The molecule has 0 aliphatic rings. The second kappa shape index (κ2) is 20.1. The van der Waals surface area contributed by atoms with Crippen LogP contribution in [0, 0.1) is 23.7 Å². The molecule has 3 rings (SSSR count). The Morgan fingerprint density at radius 2 is 0.979 bits per heavy atom. The molecule has 250 valence electrons. The van der Waals surface area contributed by atoms with Crippen molar-refractivity contribution in [3.05, 3.63) is 118 Å². The molecule has 0 saturated carbocycles. The second-order valence-electron chi connectivity index (χ2n) is 10.7. The number of carbonyl (C=O) groups is 2. The molecule has 8 heteroatoms. The quantitative estimate of drug-likeness (QED) is 0.169. The molecule has 0 aromatic heterocycles. The zero-order valence-electron chi connectivity index (χ0n) is 27.8. The lowest BCUT2D eigenvalue weighted by molar-refractivity contribution is -0.150. The van der Waals surface area contributed by atoms with Crippen LogP contribution in [0.2, 0.25) is 0 Å². The van der Waals surface area contributed by atoms with Crippen LogP contribution >= 0.6 is 0 Å². The Hall–Kier alpha value is -5.28. The molecule has 0 radical (unpaired) electrons. The van der Waals surface area contributed by atoms with E-state index in [4.69, 9.17) is 18.9 Å². The van der Waals surface area contributed by atoms with E-state index in [-0.39, 0.29) is 0 Å². The van der Waals surface area contributed by atoms with Crippen LogP contribution in [0.3, 0.4) is 0 Å². The number of rotatable bonds is 16. The standard InChI is InChI=1S/C40H42O8/c1-5-45-37(39(41)42)27-33-15-19-35(20-16-33)47-25-23-29(3)7-9-31-11-13-32(14-12-31)10-8-30(4)24-26-48-36-21-17-34(18-22-36)28-38(40(43)44)46-6-2/h11-24,37-38H,5-6,25-28H2,1-4H3,(H,41,42)(H,43,44). The number of aliphatic carboxylic acids is 2. The maximum atomic E-state index is 11.3. The van der Waals surface area contributed by atoms with E-state index >= 15 is 0 Å². The number of carboxylic acid groups (broad SMARTS) is 2. The van der Waals surface area contributed by atoms with Gasteiger partial charge in [0.05, 0.1) is 0 Å². The van der Waals surface area contributed by atoms with Gasteiger partial charge >= 0.3 is 11.9 Å². The van der Waals surface area contributed by atoms with Gasteiger partial charge in [-0.25, -0.2) is 9.59 Å². The SMILES string of the molecule is CCOC(Cc1ccc(OCC=C(C)C#Cc2ccc(C#CC(C)=CCOc3ccc(CC(OCC)C(=O)O)cc3)cc2)cc1)C(=O)O. The number of hydrogen-bond acceptors (Lipinski definition) is 6. The highest BCUT2D eigenvalue weighted by Crippen LogP contribution is 2.16. The van der Waals surface area contributed by atoms with Crippen molar-refractivity contribution in [1.29, 1.82) is 0 Å². The first-order valence-corrected chi connectivity index (χ1v) is 15.8. The number of carboxylic acids is 2. The van der Waals surface area contributed by atoms with Crippen LogP contribution in [0.25, 0.3) is 0 Å². The molecule has 0 saturated heterocycles. The number of benzene rings is 3. The molecule has 8 nitrogen and oxygen atoms in total. The van der Waals surface area contributed by atoms with Crippen LogP contribution in [0.1, 0.15) is 49.9 Å². The summed E-state index contributed by atoms with van der Waals surface area (Å²) in [6.45, 7) is 8.81. The summed E-state index contributed by atoms with van der Waals surface area (Å²) in [5, 5.41) is 18.5. The molecule has 0 aliphatic carbocycles. The first-order valence-electron chi connectivity index (χ1n) is 15.8. The molecule has 0 aliphatic heterocycles. The Labute approximate surface area is 283 Å². The molecule has 2 atom stereocenters. The molecule has 2 unspecified atom stereocenters. The van der Waals surface area contributed by atoms with E-state index in [0.29, 0.717) is 50.8 Å². The topological polar surface area (TPSA) is 112 Å². The third-order valence-corrected chi connectivity index (χ3v) is 6.95. The normalized spacial score (nSPS) is 12.5. The highest BCUT2D eigenvalue weighted by atomic mass is 16.5. The van der Waals surface area contributed by atoms with Gasteiger partial charge in [-0.15, -0.1) is 0 Å². The third-order valence-electron chi connectivity index (χ3n) is 6.95. The van der Waals surface area contributed by atoms with Gasteiger partial charge in [0.2, 0.25) is 0 Å². The van der Waals surface area contributed by atoms with Gasteiger partial charge in [-0.3, -0.25) is 0 Å². The predicted molar refractivity (Wildman–Crippen MR) is 185 cm³/mol. The minimum absolute atomic E-state index is 0.298.